The van der Waals surface area contributed by atoms with Crippen LogP contribution in [0.5, 0.6) is 0 Å². The van der Waals surface area contributed by atoms with E-state index in [1.165, 1.54) is 6.42 Å². The summed E-state index contributed by atoms with van der Waals surface area (Å²) in [5.74, 6) is 1.85. The van der Waals surface area contributed by atoms with Crippen LogP contribution in [0.15, 0.2) is 0 Å². The van der Waals surface area contributed by atoms with Crippen molar-refractivity contribution in [3.8, 4) is 6.07 Å². The molecule has 0 unspecified atom stereocenters. The number of nitriles is 1. The Hall–Kier alpha value is -0.160. The molecule has 1 aliphatic rings. The van der Waals surface area contributed by atoms with Crippen molar-refractivity contribution >= 4 is 11.8 Å². The maximum absolute atomic E-state index is 8.88. The van der Waals surface area contributed by atoms with Gasteiger partial charge in [-0.05, 0) is 30.9 Å². The molecule has 0 saturated heterocycles. The van der Waals surface area contributed by atoms with Gasteiger partial charge in [-0.2, -0.15) is 5.26 Å². The lowest BCUT2D eigenvalue weighted by molar-refractivity contribution is 0.439. The molecule has 0 heterocycles. The SMILES string of the molecule is CC(C)CSC1(C#N)CCC1. The lowest BCUT2D eigenvalue weighted by atomic mass is 9.86. The van der Waals surface area contributed by atoms with Crippen LogP contribution in [-0.2, 0) is 0 Å². The molecule has 2 heteroatoms. The van der Waals surface area contributed by atoms with Crippen LogP contribution in [0.25, 0.3) is 0 Å². The Balaban J connectivity index is 2.29. The van der Waals surface area contributed by atoms with Crippen molar-refractivity contribution in [2.45, 2.75) is 37.9 Å². The Morgan fingerprint density at radius 3 is 2.45 bits per heavy atom. The number of thioether (sulfide) groups is 1. The number of hydrogen-bond acceptors (Lipinski definition) is 2. The molecule has 0 bridgehead atoms. The maximum Gasteiger partial charge on any atom is 0.102 e. The predicted molar refractivity (Wildman–Crippen MR) is 49.5 cm³/mol. The summed E-state index contributed by atoms with van der Waals surface area (Å²) in [5.41, 5.74) is 0. The van der Waals surface area contributed by atoms with E-state index in [0.29, 0.717) is 5.92 Å². The molecule has 1 rings (SSSR count). The normalized spacial score (nSPS) is 20.9. The minimum atomic E-state index is 0.0181. The summed E-state index contributed by atoms with van der Waals surface area (Å²) >= 11 is 1.86. The Bertz CT molecular complexity index is 165. The van der Waals surface area contributed by atoms with Crippen molar-refractivity contribution in [1.29, 1.82) is 5.26 Å². The van der Waals surface area contributed by atoms with E-state index in [0.717, 1.165) is 18.6 Å². The smallest absolute Gasteiger partial charge is 0.102 e. The van der Waals surface area contributed by atoms with Gasteiger partial charge in [0.2, 0.25) is 0 Å². The first-order valence-corrected chi connectivity index (χ1v) is 5.22. The second-order valence-corrected chi connectivity index (χ2v) is 5.07. The monoisotopic (exact) mass is 169 g/mol. The second kappa shape index (κ2) is 3.49. The van der Waals surface area contributed by atoms with Gasteiger partial charge in [-0.1, -0.05) is 13.8 Å². The standard InChI is InChI=1S/C9H15NS/c1-8(2)6-11-9(7-10)4-3-5-9/h8H,3-6H2,1-2H3. The summed E-state index contributed by atoms with van der Waals surface area (Å²) in [7, 11) is 0. The molecule has 62 valence electrons. The lowest BCUT2D eigenvalue weighted by Crippen LogP contribution is -2.32. The van der Waals surface area contributed by atoms with Crippen LogP contribution in [0.3, 0.4) is 0 Å². The van der Waals surface area contributed by atoms with E-state index in [1.807, 2.05) is 11.8 Å². The van der Waals surface area contributed by atoms with E-state index in [1.54, 1.807) is 0 Å². The average Bonchev–Trinajstić information content (AvgIpc) is 1.86. The third-order valence-corrected chi connectivity index (χ3v) is 3.94. The van der Waals surface area contributed by atoms with Gasteiger partial charge in [0.05, 0.1) is 6.07 Å². The Kier molecular flexibility index (Phi) is 2.84. The topological polar surface area (TPSA) is 23.8 Å². The summed E-state index contributed by atoms with van der Waals surface area (Å²) in [6.07, 6.45) is 3.47. The molecule has 0 N–H and O–H groups in total. The highest BCUT2D eigenvalue weighted by molar-refractivity contribution is 8.00. The first-order chi connectivity index (χ1) is 5.18. The van der Waals surface area contributed by atoms with Gasteiger partial charge in [-0.25, -0.2) is 0 Å². The molecule has 1 aliphatic carbocycles. The third-order valence-electron chi connectivity index (χ3n) is 2.06. The molecule has 1 saturated carbocycles. The van der Waals surface area contributed by atoms with Crippen LogP contribution in [0.4, 0.5) is 0 Å². The van der Waals surface area contributed by atoms with Crippen molar-refractivity contribution in [2.75, 3.05) is 5.75 Å². The molecular weight excluding hydrogens is 154 g/mol. The first kappa shape index (κ1) is 8.93. The minimum absolute atomic E-state index is 0.0181. The number of nitrogens with zero attached hydrogens (tertiary/aromatic N) is 1. The van der Waals surface area contributed by atoms with Gasteiger partial charge in [0.25, 0.3) is 0 Å². The van der Waals surface area contributed by atoms with Crippen LogP contribution < -0.4 is 0 Å². The largest absolute Gasteiger partial charge is 0.197 e. The zero-order chi connectivity index (χ0) is 8.32. The molecule has 0 amide bonds. The van der Waals surface area contributed by atoms with Gasteiger partial charge in [-0.3, -0.25) is 0 Å². The van der Waals surface area contributed by atoms with Crippen LogP contribution in [-0.4, -0.2) is 10.5 Å². The molecule has 0 aromatic rings. The van der Waals surface area contributed by atoms with Gasteiger partial charge >= 0.3 is 0 Å². The second-order valence-electron chi connectivity index (χ2n) is 3.66. The summed E-state index contributed by atoms with van der Waals surface area (Å²) in [6, 6.07) is 2.43. The number of rotatable bonds is 3. The van der Waals surface area contributed by atoms with E-state index in [-0.39, 0.29) is 4.75 Å². The highest BCUT2D eigenvalue weighted by atomic mass is 32.2. The molecule has 11 heavy (non-hydrogen) atoms. The molecule has 0 atom stereocenters. The molecular formula is C9H15NS. The molecule has 0 aliphatic heterocycles. The van der Waals surface area contributed by atoms with Gasteiger partial charge < -0.3 is 0 Å². The van der Waals surface area contributed by atoms with Crippen LogP contribution in [0.1, 0.15) is 33.1 Å². The summed E-state index contributed by atoms with van der Waals surface area (Å²) in [5, 5.41) is 8.88. The Labute approximate surface area is 73.2 Å². The summed E-state index contributed by atoms with van der Waals surface area (Å²) < 4.78 is 0.0181. The quantitative estimate of drug-likeness (QED) is 0.648. The maximum atomic E-state index is 8.88. The van der Waals surface area contributed by atoms with Crippen molar-refractivity contribution in [1.82, 2.24) is 0 Å². The minimum Gasteiger partial charge on any atom is -0.197 e. The predicted octanol–water partition coefficient (Wildman–Crippen LogP) is 2.82. The van der Waals surface area contributed by atoms with Crippen LogP contribution in [0, 0.1) is 17.2 Å². The molecule has 1 nitrogen and oxygen atoms in total. The van der Waals surface area contributed by atoms with E-state index in [2.05, 4.69) is 19.9 Å². The summed E-state index contributed by atoms with van der Waals surface area (Å²) in [4.78, 5) is 0. The average molecular weight is 169 g/mol. The van der Waals surface area contributed by atoms with E-state index >= 15 is 0 Å². The fourth-order valence-corrected chi connectivity index (χ4v) is 2.41. The third kappa shape index (κ3) is 2.13. The van der Waals surface area contributed by atoms with Gasteiger partial charge in [0.1, 0.15) is 4.75 Å². The molecule has 1 fully saturated rings. The van der Waals surface area contributed by atoms with Gasteiger partial charge in [-0.15, -0.1) is 11.8 Å². The fraction of sp³-hybridized carbons (Fsp3) is 0.889. The van der Waals surface area contributed by atoms with E-state index in [4.69, 9.17) is 5.26 Å². The Morgan fingerprint density at radius 1 is 1.55 bits per heavy atom. The van der Waals surface area contributed by atoms with Crippen molar-refractivity contribution in [3.05, 3.63) is 0 Å². The zero-order valence-electron chi connectivity index (χ0n) is 7.26. The van der Waals surface area contributed by atoms with Crippen LogP contribution in [0.2, 0.25) is 0 Å². The van der Waals surface area contributed by atoms with E-state index < -0.39 is 0 Å². The summed E-state index contributed by atoms with van der Waals surface area (Å²) in [6.45, 7) is 4.41. The molecule has 0 aromatic carbocycles. The highest BCUT2D eigenvalue weighted by Crippen LogP contribution is 2.43. The Morgan fingerprint density at radius 2 is 2.18 bits per heavy atom. The highest BCUT2D eigenvalue weighted by Gasteiger charge is 2.37. The number of hydrogen-bond donors (Lipinski definition) is 0. The van der Waals surface area contributed by atoms with Gasteiger partial charge in [0.15, 0.2) is 0 Å². The fourth-order valence-electron chi connectivity index (χ4n) is 1.11. The van der Waals surface area contributed by atoms with Crippen LogP contribution >= 0.6 is 11.8 Å². The van der Waals surface area contributed by atoms with E-state index in [9.17, 15) is 0 Å². The van der Waals surface area contributed by atoms with Crippen molar-refractivity contribution in [3.63, 3.8) is 0 Å². The zero-order valence-corrected chi connectivity index (χ0v) is 8.08. The lowest BCUT2D eigenvalue weighted by Gasteiger charge is -2.34. The molecule has 0 aromatic heterocycles. The van der Waals surface area contributed by atoms with Crippen molar-refractivity contribution < 1.29 is 0 Å². The molecule has 0 spiro atoms. The molecule has 0 radical (unpaired) electrons. The first-order valence-electron chi connectivity index (χ1n) is 4.24. The van der Waals surface area contributed by atoms with Crippen molar-refractivity contribution in [2.24, 2.45) is 5.92 Å². The van der Waals surface area contributed by atoms with Gasteiger partial charge in [0, 0.05) is 0 Å².